The number of hydrogen-bond donors (Lipinski definition) is 2. The molecular weight excluding hydrogens is 250 g/mol. The van der Waals surface area contributed by atoms with Crippen molar-refractivity contribution in [3.63, 3.8) is 0 Å². The minimum atomic E-state index is -0.634. The van der Waals surface area contributed by atoms with E-state index in [9.17, 15) is 14.7 Å². The topological polar surface area (TPSA) is 87.1 Å². The van der Waals surface area contributed by atoms with Crippen LogP contribution in [0.2, 0.25) is 0 Å². The molecule has 6 heteroatoms. The summed E-state index contributed by atoms with van der Waals surface area (Å²) in [5, 5.41) is 18.8. The van der Waals surface area contributed by atoms with Crippen LogP contribution in [-0.4, -0.2) is 42.4 Å². The fourth-order valence-electron chi connectivity index (χ4n) is 2.12. The molecule has 2 N–H and O–H groups in total. The van der Waals surface area contributed by atoms with Gasteiger partial charge in [-0.2, -0.15) is 0 Å². The third-order valence-corrected chi connectivity index (χ3v) is 3.16. The molecule has 19 heavy (non-hydrogen) atoms. The number of carbonyl (C=O) groups is 2. The number of esters is 1. The summed E-state index contributed by atoms with van der Waals surface area (Å²) in [6, 6.07) is 4.34. The van der Waals surface area contributed by atoms with Gasteiger partial charge in [0.05, 0.1) is 7.11 Å². The van der Waals surface area contributed by atoms with Gasteiger partial charge < -0.3 is 19.8 Å². The highest BCUT2D eigenvalue weighted by atomic mass is 16.5. The highest BCUT2D eigenvalue weighted by molar-refractivity contribution is 5.98. The van der Waals surface area contributed by atoms with E-state index in [0.29, 0.717) is 12.2 Å². The first kappa shape index (κ1) is 13.4. The number of amides is 1. The van der Waals surface area contributed by atoms with Crippen LogP contribution in [0.4, 0.5) is 5.69 Å². The SMILES string of the molecule is COC(=O)c1ccc(N2CC(CO)CC2=O)cc1O. The quantitative estimate of drug-likeness (QED) is 0.778. The van der Waals surface area contributed by atoms with Gasteiger partial charge in [0.2, 0.25) is 5.91 Å². The summed E-state index contributed by atoms with van der Waals surface area (Å²) in [6.45, 7) is 0.362. The van der Waals surface area contributed by atoms with E-state index in [0.717, 1.165) is 0 Å². The van der Waals surface area contributed by atoms with Gasteiger partial charge in [0.1, 0.15) is 11.3 Å². The van der Waals surface area contributed by atoms with Crippen molar-refractivity contribution in [1.29, 1.82) is 0 Å². The molecule has 1 aliphatic rings. The maximum Gasteiger partial charge on any atom is 0.341 e. The molecule has 0 saturated carbocycles. The normalized spacial score (nSPS) is 18.7. The number of aliphatic hydroxyl groups excluding tert-OH is 1. The van der Waals surface area contributed by atoms with Crippen molar-refractivity contribution in [3.05, 3.63) is 23.8 Å². The van der Waals surface area contributed by atoms with Crippen molar-refractivity contribution in [2.24, 2.45) is 5.92 Å². The fraction of sp³-hybridized carbons (Fsp3) is 0.385. The highest BCUT2D eigenvalue weighted by Crippen LogP contribution is 2.29. The molecule has 0 radical (unpaired) electrons. The number of aromatic hydroxyl groups is 1. The maximum atomic E-state index is 11.8. The first-order chi connectivity index (χ1) is 9.06. The lowest BCUT2D eigenvalue weighted by molar-refractivity contribution is -0.117. The Balaban J connectivity index is 2.25. The number of phenols is 1. The number of rotatable bonds is 3. The Bertz CT molecular complexity index is 514. The van der Waals surface area contributed by atoms with Gasteiger partial charge in [-0.05, 0) is 12.1 Å². The van der Waals surface area contributed by atoms with E-state index < -0.39 is 5.97 Å². The number of hydrogen-bond acceptors (Lipinski definition) is 5. The largest absolute Gasteiger partial charge is 0.507 e. The summed E-state index contributed by atoms with van der Waals surface area (Å²) in [5.41, 5.74) is 0.558. The molecule has 1 aromatic carbocycles. The minimum Gasteiger partial charge on any atom is -0.507 e. The molecule has 2 rings (SSSR count). The zero-order chi connectivity index (χ0) is 14.0. The molecule has 1 aliphatic heterocycles. The average Bonchev–Trinajstić information content (AvgIpc) is 2.79. The summed E-state index contributed by atoms with van der Waals surface area (Å²) >= 11 is 0. The molecular formula is C13H15NO5. The van der Waals surface area contributed by atoms with E-state index >= 15 is 0 Å². The standard InChI is InChI=1S/C13H15NO5/c1-19-13(18)10-3-2-9(5-11(10)16)14-6-8(7-15)4-12(14)17/h2-3,5,8,15-16H,4,6-7H2,1H3. The monoisotopic (exact) mass is 265 g/mol. The maximum absolute atomic E-state index is 11.8. The number of nitrogens with zero attached hydrogens (tertiary/aromatic N) is 1. The lowest BCUT2D eigenvalue weighted by atomic mass is 10.1. The second-order valence-corrected chi connectivity index (χ2v) is 4.45. The van der Waals surface area contributed by atoms with E-state index in [4.69, 9.17) is 5.11 Å². The second-order valence-electron chi connectivity index (χ2n) is 4.45. The van der Waals surface area contributed by atoms with Gasteiger partial charge in [-0.15, -0.1) is 0 Å². The number of carbonyl (C=O) groups excluding carboxylic acids is 2. The summed E-state index contributed by atoms with van der Waals surface area (Å²) in [4.78, 5) is 24.6. The van der Waals surface area contributed by atoms with Gasteiger partial charge >= 0.3 is 5.97 Å². The van der Waals surface area contributed by atoms with Gasteiger partial charge in [0.25, 0.3) is 0 Å². The Labute approximate surface area is 110 Å². The van der Waals surface area contributed by atoms with E-state index in [1.165, 1.54) is 24.1 Å². The second kappa shape index (κ2) is 5.27. The Morgan fingerprint density at radius 1 is 1.53 bits per heavy atom. The minimum absolute atomic E-state index is 0.0472. The van der Waals surface area contributed by atoms with Gasteiger partial charge in [-0.3, -0.25) is 4.79 Å². The average molecular weight is 265 g/mol. The van der Waals surface area contributed by atoms with Crippen molar-refractivity contribution in [1.82, 2.24) is 0 Å². The third-order valence-electron chi connectivity index (χ3n) is 3.16. The predicted octanol–water partition coefficient (Wildman–Crippen LogP) is 0.524. The van der Waals surface area contributed by atoms with Crippen LogP contribution in [0.15, 0.2) is 18.2 Å². The van der Waals surface area contributed by atoms with Gasteiger partial charge in [-0.25, -0.2) is 4.79 Å². The van der Waals surface area contributed by atoms with E-state index in [1.807, 2.05) is 0 Å². The van der Waals surface area contributed by atoms with Crippen LogP contribution in [-0.2, 0) is 9.53 Å². The van der Waals surface area contributed by atoms with Crippen molar-refractivity contribution in [2.75, 3.05) is 25.2 Å². The number of anilines is 1. The van der Waals surface area contributed by atoms with Crippen molar-refractivity contribution in [2.45, 2.75) is 6.42 Å². The predicted molar refractivity (Wildman–Crippen MR) is 67.0 cm³/mol. The molecule has 1 atom stereocenters. The van der Waals surface area contributed by atoms with Crippen LogP contribution in [0.3, 0.4) is 0 Å². The molecule has 1 unspecified atom stereocenters. The van der Waals surface area contributed by atoms with Crippen LogP contribution in [0.5, 0.6) is 5.75 Å². The highest BCUT2D eigenvalue weighted by Gasteiger charge is 2.30. The molecule has 1 aromatic rings. The number of aliphatic hydroxyl groups is 1. The van der Waals surface area contributed by atoms with E-state index in [-0.39, 0.29) is 36.2 Å². The first-order valence-electron chi connectivity index (χ1n) is 5.89. The lowest BCUT2D eigenvalue weighted by Crippen LogP contribution is -2.24. The zero-order valence-electron chi connectivity index (χ0n) is 10.5. The lowest BCUT2D eigenvalue weighted by Gasteiger charge is -2.17. The molecule has 0 spiro atoms. The fourth-order valence-corrected chi connectivity index (χ4v) is 2.12. The Morgan fingerprint density at radius 2 is 2.26 bits per heavy atom. The van der Waals surface area contributed by atoms with Crippen LogP contribution >= 0.6 is 0 Å². The molecule has 6 nitrogen and oxygen atoms in total. The van der Waals surface area contributed by atoms with E-state index in [1.54, 1.807) is 6.07 Å². The number of ether oxygens (including phenoxy) is 1. The van der Waals surface area contributed by atoms with Crippen LogP contribution in [0.1, 0.15) is 16.8 Å². The van der Waals surface area contributed by atoms with Crippen molar-refractivity contribution in [3.8, 4) is 5.75 Å². The molecule has 0 bridgehead atoms. The Kier molecular flexibility index (Phi) is 3.71. The summed E-state index contributed by atoms with van der Waals surface area (Å²) in [5.74, 6) is -1.06. The Hall–Kier alpha value is -2.08. The van der Waals surface area contributed by atoms with E-state index in [2.05, 4.69) is 4.74 Å². The van der Waals surface area contributed by atoms with Crippen LogP contribution in [0.25, 0.3) is 0 Å². The van der Waals surface area contributed by atoms with Gasteiger partial charge in [-0.1, -0.05) is 0 Å². The summed E-state index contributed by atoms with van der Waals surface area (Å²) in [7, 11) is 1.23. The first-order valence-corrected chi connectivity index (χ1v) is 5.89. The number of benzene rings is 1. The van der Waals surface area contributed by atoms with Crippen molar-refractivity contribution >= 4 is 17.6 Å². The molecule has 1 saturated heterocycles. The van der Waals surface area contributed by atoms with Crippen LogP contribution in [0, 0.1) is 5.92 Å². The van der Waals surface area contributed by atoms with Crippen LogP contribution < -0.4 is 4.90 Å². The van der Waals surface area contributed by atoms with Crippen molar-refractivity contribution < 1.29 is 24.5 Å². The molecule has 0 aromatic heterocycles. The zero-order valence-corrected chi connectivity index (χ0v) is 10.5. The molecule has 1 fully saturated rings. The molecule has 102 valence electrons. The molecule has 1 amide bonds. The third kappa shape index (κ3) is 2.53. The smallest absolute Gasteiger partial charge is 0.341 e. The number of phenolic OH excluding ortho intramolecular Hbond substituents is 1. The number of methoxy groups -OCH3 is 1. The summed E-state index contributed by atoms with van der Waals surface area (Å²) < 4.78 is 4.53. The summed E-state index contributed by atoms with van der Waals surface area (Å²) in [6.07, 6.45) is 0.288. The Morgan fingerprint density at radius 3 is 2.79 bits per heavy atom. The van der Waals surface area contributed by atoms with Gasteiger partial charge in [0.15, 0.2) is 0 Å². The molecule has 1 heterocycles. The molecule has 0 aliphatic carbocycles. The van der Waals surface area contributed by atoms with Gasteiger partial charge in [0, 0.05) is 37.2 Å².